The van der Waals surface area contributed by atoms with E-state index in [0.717, 1.165) is 65.0 Å². The van der Waals surface area contributed by atoms with E-state index in [0.29, 0.717) is 0 Å². The van der Waals surface area contributed by atoms with Crippen molar-refractivity contribution in [2.45, 2.75) is 31.1 Å². The van der Waals surface area contributed by atoms with Crippen molar-refractivity contribution in [1.82, 2.24) is 15.5 Å². The van der Waals surface area contributed by atoms with Crippen LogP contribution in [0.3, 0.4) is 0 Å². The van der Waals surface area contributed by atoms with Gasteiger partial charge in [0.1, 0.15) is 0 Å². The Hall–Kier alpha value is -1.10. The third-order valence-corrected chi connectivity index (χ3v) is 5.11. The number of piperazine rings is 1. The first-order valence-corrected chi connectivity index (χ1v) is 8.58. The number of halogens is 1. The van der Waals surface area contributed by atoms with E-state index in [-0.39, 0.29) is 23.7 Å². The summed E-state index contributed by atoms with van der Waals surface area (Å²) in [5, 5.41) is 6.55. The number of carbonyl (C=O) groups is 1. The molecule has 1 heterocycles. The number of carbonyl (C=O) groups excluding carboxylic acids is 1. The minimum Gasteiger partial charge on any atom is -0.355 e. The summed E-state index contributed by atoms with van der Waals surface area (Å²) >= 11 is 0. The number of hydrogen-bond donors (Lipinski definition) is 2. The molecule has 1 saturated heterocycles. The highest BCUT2D eigenvalue weighted by Gasteiger charge is 2.45. The van der Waals surface area contributed by atoms with Crippen molar-refractivity contribution in [3.05, 3.63) is 35.9 Å². The van der Waals surface area contributed by atoms with Crippen LogP contribution < -0.4 is 10.6 Å². The SMILES string of the molecule is Cl.O=C(NCCCN1CCNCC1)C1(c2ccccc2)CCC1. The van der Waals surface area contributed by atoms with Crippen LogP contribution in [-0.4, -0.2) is 50.1 Å². The molecule has 0 atom stereocenters. The highest BCUT2D eigenvalue weighted by Crippen LogP contribution is 2.43. The Morgan fingerprint density at radius 3 is 2.48 bits per heavy atom. The van der Waals surface area contributed by atoms with Gasteiger partial charge in [0.2, 0.25) is 5.91 Å². The summed E-state index contributed by atoms with van der Waals surface area (Å²) in [4.78, 5) is 15.1. The van der Waals surface area contributed by atoms with Crippen molar-refractivity contribution in [3.8, 4) is 0 Å². The molecule has 0 spiro atoms. The summed E-state index contributed by atoms with van der Waals surface area (Å²) in [7, 11) is 0. The number of nitrogens with one attached hydrogen (secondary N) is 2. The number of amides is 1. The third-order valence-electron chi connectivity index (χ3n) is 5.11. The molecule has 2 aliphatic rings. The monoisotopic (exact) mass is 337 g/mol. The first kappa shape index (κ1) is 18.2. The topological polar surface area (TPSA) is 44.4 Å². The molecule has 2 fully saturated rings. The van der Waals surface area contributed by atoms with Crippen molar-refractivity contribution in [1.29, 1.82) is 0 Å². The van der Waals surface area contributed by atoms with Crippen LogP contribution in [0.2, 0.25) is 0 Å². The van der Waals surface area contributed by atoms with Crippen LogP contribution in [-0.2, 0) is 10.2 Å². The Morgan fingerprint density at radius 2 is 1.87 bits per heavy atom. The summed E-state index contributed by atoms with van der Waals surface area (Å²) in [6.45, 7) is 6.30. The molecular formula is C18H28ClN3O. The molecule has 23 heavy (non-hydrogen) atoms. The number of rotatable bonds is 6. The minimum atomic E-state index is -0.254. The fraction of sp³-hybridized carbons (Fsp3) is 0.611. The molecule has 1 aromatic carbocycles. The van der Waals surface area contributed by atoms with Crippen LogP contribution >= 0.6 is 12.4 Å². The molecule has 128 valence electrons. The van der Waals surface area contributed by atoms with Crippen LogP contribution in [0.15, 0.2) is 30.3 Å². The predicted molar refractivity (Wildman–Crippen MR) is 96.2 cm³/mol. The minimum absolute atomic E-state index is 0. The van der Waals surface area contributed by atoms with E-state index < -0.39 is 0 Å². The lowest BCUT2D eigenvalue weighted by Crippen LogP contribution is -2.50. The van der Waals surface area contributed by atoms with E-state index in [4.69, 9.17) is 0 Å². The Kier molecular flexibility index (Phi) is 6.88. The van der Waals surface area contributed by atoms with Crippen LogP contribution in [0.1, 0.15) is 31.2 Å². The molecule has 5 heteroatoms. The van der Waals surface area contributed by atoms with E-state index in [1.165, 1.54) is 5.56 Å². The van der Waals surface area contributed by atoms with Gasteiger partial charge >= 0.3 is 0 Å². The summed E-state index contributed by atoms with van der Waals surface area (Å²) in [5.74, 6) is 0.227. The van der Waals surface area contributed by atoms with Crippen molar-refractivity contribution in [2.24, 2.45) is 0 Å². The second-order valence-electron chi connectivity index (χ2n) is 6.50. The molecule has 4 nitrogen and oxygen atoms in total. The molecule has 1 aliphatic heterocycles. The van der Waals surface area contributed by atoms with Crippen molar-refractivity contribution in [2.75, 3.05) is 39.3 Å². The van der Waals surface area contributed by atoms with Gasteiger partial charge in [0.05, 0.1) is 5.41 Å². The molecule has 2 N–H and O–H groups in total. The second-order valence-corrected chi connectivity index (χ2v) is 6.50. The summed E-state index contributed by atoms with van der Waals surface area (Å²) in [6.07, 6.45) is 4.17. The van der Waals surface area contributed by atoms with Crippen molar-refractivity contribution >= 4 is 18.3 Å². The van der Waals surface area contributed by atoms with Gasteiger partial charge < -0.3 is 15.5 Å². The van der Waals surface area contributed by atoms with Gasteiger partial charge in [-0.15, -0.1) is 12.4 Å². The maximum atomic E-state index is 12.7. The van der Waals surface area contributed by atoms with E-state index in [2.05, 4.69) is 27.7 Å². The molecule has 0 bridgehead atoms. The molecule has 3 rings (SSSR count). The molecule has 0 aromatic heterocycles. The second kappa shape index (κ2) is 8.67. The Labute approximate surface area is 145 Å². The Bertz CT molecular complexity index is 484. The van der Waals surface area contributed by atoms with Gasteiger partial charge in [0.15, 0.2) is 0 Å². The average molecular weight is 338 g/mol. The molecular weight excluding hydrogens is 310 g/mol. The third kappa shape index (κ3) is 4.25. The van der Waals surface area contributed by atoms with E-state index >= 15 is 0 Å². The zero-order valence-corrected chi connectivity index (χ0v) is 14.5. The fourth-order valence-corrected chi connectivity index (χ4v) is 3.54. The zero-order chi connectivity index (χ0) is 15.3. The summed E-state index contributed by atoms with van der Waals surface area (Å²) < 4.78 is 0. The standard InChI is InChI=1S/C18H27N3O.ClH/c22-17(20-10-5-13-21-14-11-19-12-15-21)18(8-4-9-18)16-6-2-1-3-7-16;/h1-3,6-7,19H,4-5,8-15H2,(H,20,22);1H. The van der Waals surface area contributed by atoms with Gasteiger partial charge in [-0.05, 0) is 31.4 Å². The number of nitrogens with zero attached hydrogens (tertiary/aromatic N) is 1. The van der Waals surface area contributed by atoms with Gasteiger partial charge in [0, 0.05) is 32.7 Å². The largest absolute Gasteiger partial charge is 0.355 e. The molecule has 1 saturated carbocycles. The summed E-state index contributed by atoms with van der Waals surface area (Å²) in [6, 6.07) is 10.3. The Balaban J connectivity index is 0.00000192. The lowest BCUT2D eigenvalue weighted by Gasteiger charge is -2.40. The maximum absolute atomic E-state index is 12.7. The highest BCUT2D eigenvalue weighted by atomic mass is 35.5. The van der Waals surface area contributed by atoms with Crippen LogP contribution in [0.5, 0.6) is 0 Å². The average Bonchev–Trinajstić information content (AvgIpc) is 2.53. The van der Waals surface area contributed by atoms with Gasteiger partial charge in [0.25, 0.3) is 0 Å². The maximum Gasteiger partial charge on any atom is 0.230 e. The lowest BCUT2D eigenvalue weighted by molar-refractivity contribution is -0.129. The fourth-order valence-electron chi connectivity index (χ4n) is 3.54. The van der Waals surface area contributed by atoms with Crippen LogP contribution in [0.4, 0.5) is 0 Å². The molecule has 1 aromatic rings. The van der Waals surface area contributed by atoms with Crippen LogP contribution in [0, 0.1) is 0 Å². The van der Waals surface area contributed by atoms with Crippen molar-refractivity contribution in [3.63, 3.8) is 0 Å². The van der Waals surface area contributed by atoms with Gasteiger partial charge in [-0.2, -0.15) is 0 Å². The van der Waals surface area contributed by atoms with Gasteiger partial charge in [-0.3, -0.25) is 4.79 Å². The number of benzene rings is 1. The zero-order valence-electron chi connectivity index (χ0n) is 13.7. The van der Waals surface area contributed by atoms with E-state index in [1.54, 1.807) is 0 Å². The van der Waals surface area contributed by atoms with Gasteiger partial charge in [-0.25, -0.2) is 0 Å². The quantitative estimate of drug-likeness (QED) is 0.780. The lowest BCUT2D eigenvalue weighted by atomic mass is 9.64. The summed E-state index contributed by atoms with van der Waals surface area (Å²) in [5.41, 5.74) is 0.928. The normalized spacial score (nSPS) is 20.2. The van der Waals surface area contributed by atoms with Gasteiger partial charge in [-0.1, -0.05) is 36.8 Å². The molecule has 1 aliphatic carbocycles. The first-order valence-electron chi connectivity index (χ1n) is 8.58. The Morgan fingerprint density at radius 1 is 1.17 bits per heavy atom. The molecule has 0 radical (unpaired) electrons. The van der Waals surface area contributed by atoms with Crippen LogP contribution in [0.25, 0.3) is 0 Å². The molecule has 0 unspecified atom stereocenters. The van der Waals surface area contributed by atoms with E-state index in [1.807, 2.05) is 18.2 Å². The predicted octanol–water partition coefficient (Wildman–Crippen LogP) is 1.94. The smallest absolute Gasteiger partial charge is 0.230 e. The number of hydrogen-bond acceptors (Lipinski definition) is 3. The first-order chi connectivity index (χ1) is 10.8. The van der Waals surface area contributed by atoms with E-state index in [9.17, 15) is 4.79 Å². The highest BCUT2D eigenvalue weighted by molar-refractivity contribution is 5.89. The van der Waals surface area contributed by atoms with Crippen molar-refractivity contribution < 1.29 is 4.79 Å². The molecule has 1 amide bonds.